The molecule has 0 atom stereocenters. The Morgan fingerprint density at radius 1 is 1.15 bits per heavy atom. The highest BCUT2D eigenvalue weighted by atomic mass is 19.4. The van der Waals surface area contributed by atoms with Crippen LogP contribution < -0.4 is 9.64 Å². The molecule has 1 amide bonds. The maximum atomic E-state index is 13.0. The van der Waals surface area contributed by atoms with Crippen molar-refractivity contribution in [3.63, 3.8) is 0 Å². The quantitative estimate of drug-likeness (QED) is 0.758. The van der Waals surface area contributed by atoms with E-state index in [4.69, 9.17) is 0 Å². The van der Waals surface area contributed by atoms with Gasteiger partial charge in [-0.25, -0.2) is 0 Å². The molecule has 0 unspecified atom stereocenters. The molecule has 0 radical (unpaired) electrons. The number of hydrogen-bond donors (Lipinski definition) is 1. The van der Waals surface area contributed by atoms with Crippen LogP contribution in [0.15, 0.2) is 36.9 Å². The summed E-state index contributed by atoms with van der Waals surface area (Å²) in [5.41, 5.74) is -0.635. The zero-order valence-electron chi connectivity index (χ0n) is 15.1. The number of hydrogen-bond acceptors (Lipinski definition) is 3. The molecule has 7 heteroatoms. The number of carbonyl (C=O) groups excluding carboxylic acids is 1. The van der Waals surface area contributed by atoms with Gasteiger partial charge in [0.2, 0.25) is 5.91 Å². The molecule has 1 aliphatic carbocycles. The van der Waals surface area contributed by atoms with Crippen LogP contribution in [0, 0.1) is 5.41 Å². The van der Waals surface area contributed by atoms with Crippen LogP contribution in [0.5, 0.6) is 5.75 Å². The molecule has 1 spiro atoms. The number of alkyl halides is 3. The SMILES string of the molecule is C=CCC[C@]1(O)CC[C@]2(CCN(c3ccc(OC(F)(F)F)cc3)C2=O)CC1. The highest BCUT2D eigenvalue weighted by molar-refractivity contribution is 6.00. The van der Waals surface area contributed by atoms with Crippen LogP contribution in [0.3, 0.4) is 0 Å². The lowest BCUT2D eigenvalue weighted by molar-refractivity contribution is -0.274. The van der Waals surface area contributed by atoms with Gasteiger partial charge in [0.1, 0.15) is 5.75 Å². The standard InChI is InChI=1S/C20H24F3NO3/c1-2-3-8-19(26)11-9-18(10-12-19)13-14-24(17(18)25)15-4-6-16(7-5-15)27-20(21,22)23/h2,4-7,26H,1,3,8-14H2/t18-,19+. The van der Waals surface area contributed by atoms with Gasteiger partial charge in [-0.3, -0.25) is 4.79 Å². The third-order valence-corrected chi connectivity index (χ3v) is 5.85. The molecular weight excluding hydrogens is 359 g/mol. The van der Waals surface area contributed by atoms with Crippen LogP contribution >= 0.6 is 0 Å². The number of anilines is 1. The Labute approximate surface area is 156 Å². The Bertz CT molecular complexity index is 691. The summed E-state index contributed by atoms with van der Waals surface area (Å²) in [6.45, 7) is 4.22. The fourth-order valence-electron chi connectivity index (χ4n) is 4.17. The summed E-state index contributed by atoms with van der Waals surface area (Å²) in [4.78, 5) is 14.7. The Hall–Kier alpha value is -2.02. The molecule has 1 heterocycles. The molecule has 0 bridgehead atoms. The minimum Gasteiger partial charge on any atom is -0.406 e. The van der Waals surface area contributed by atoms with Gasteiger partial charge in [0.15, 0.2) is 0 Å². The van der Waals surface area contributed by atoms with E-state index in [9.17, 15) is 23.1 Å². The van der Waals surface area contributed by atoms with E-state index in [1.54, 1.807) is 11.0 Å². The van der Waals surface area contributed by atoms with Gasteiger partial charge in [-0.1, -0.05) is 6.08 Å². The second-order valence-corrected chi connectivity index (χ2v) is 7.58. The van der Waals surface area contributed by atoms with E-state index in [0.29, 0.717) is 50.8 Å². The largest absolute Gasteiger partial charge is 0.573 e. The molecule has 1 aliphatic heterocycles. The minimum atomic E-state index is -4.74. The third-order valence-electron chi connectivity index (χ3n) is 5.85. The van der Waals surface area contributed by atoms with Crippen molar-refractivity contribution in [2.24, 2.45) is 5.41 Å². The average Bonchev–Trinajstić information content (AvgIpc) is 2.93. The summed E-state index contributed by atoms with van der Waals surface area (Å²) in [7, 11) is 0. The number of halogens is 3. The Morgan fingerprint density at radius 2 is 1.78 bits per heavy atom. The van der Waals surface area contributed by atoms with E-state index in [1.807, 2.05) is 0 Å². The van der Waals surface area contributed by atoms with Gasteiger partial charge in [-0.2, -0.15) is 0 Å². The van der Waals surface area contributed by atoms with Crippen LogP contribution in [-0.4, -0.2) is 29.5 Å². The summed E-state index contributed by atoms with van der Waals surface area (Å²) >= 11 is 0. The lowest BCUT2D eigenvalue weighted by Gasteiger charge is -2.41. The Balaban J connectivity index is 1.66. The maximum Gasteiger partial charge on any atom is 0.573 e. The van der Waals surface area contributed by atoms with Gasteiger partial charge in [0.05, 0.1) is 11.0 Å². The second-order valence-electron chi connectivity index (χ2n) is 7.58. The summed E-state index contributed by atoms with van der Waals surface area (Å²) in [6, 6.07) is 5.38. The van der Waals surface area contributed by atoms with Crippen LogP contribution in [0.25, 0.3) is 0 Å². The van der Waals surface area contributed by atoms with Crippen molar-refractivity contribution in [1.82, 2.24) is 0 Å². The first-order valence-corrected chi connectivity index (χ1v) is 9.18. The molecule has 1 saturated heterocycles. The molecule has 27 heavy (non-hydrogen) atoms. The highest BCUT2D eigenvalue weighted by Gasteiger charge is 2.51. The zero-order valence-corrected chi connectivity index (χ0v) is 15.1. The topological polar surface area (TPSA) is 49.8 Å². The number of aliphatic hydroxyl groups is 1. The van der Waals surface area contributed by atoms with Crippen molar-refractivity contribution in [2.45, 2.75) is 56.9 Å². The van der Waals surface area contributed by atoms with E-state index < -0.39 is 17.4 Å². The van der Waals surface area contributed by atoms with Gasteiger partial charge >= 0.3 is 6.36 Å². The smallest absolute Gasteiger partial charge is 0.406 e. The molecule has 2 aliphatic rings. The number of carbonyl (C=O) groups is 1. The number of nitrogens with zero attached hydrogens (tertiary/aromatic N) is 1. The summed E-state index contributed by atoms with van der Waals surface area (Å²) < 4.78 is 40.7. The van der Waals surface area contributed by atoms with E-state index in [0.717, 1.165) is 6.42 Å². The lowest BCUT2D eigenvalue weighted by Crippen LogP contribution is -2.43. The normalized spacial score (nSPS) is 28.6. The van der Waals surface area contributed by atoms with Gasteiger partial charge < -0.3 is 14.7 Å². The molecule has 148 valence electrons. The number of amides is 1. The molecule has 4 nitrogen and oxygen atoms in total. The number of rotatable bonds is 5. The summed E-state index contributed by atoms with van der Waals surface area (Å²) in [5.74, 6) is -0.310. The van der Waals surface area contributed by atoms with Crippen LogP contribution in [0.1, 0.15) is 44.9 Å². The van der Waals surface area contributed by atoms with Crippen LogP contribution in [0.2, 0.25) is 0 Å². The zero-order chi connectivity index (χ0) is 19.7. The second kappa shape index (κ2) is 7.19. The molecule has 1 aromatic carbocycles. The van der Waals surface area contributed by atoms with Gasteiger partial charge in [-0.15, -0.1) is 19.8 Å². The van der Waals surface area contributed by atoms with Crippen molar-refractivity contribution in [1.29, 1.82) is 0 Å². The first-order chi connectivity index (χ1) is 12.7. The fourth-order valence-corrected chi connectivity index (χ4v) is 4.17. The van der Waals surface area contributed by atoms with E-state index in [1.165, 1.54) is 24.3 Å². The van der Waals surface area contributed by atoms with Gasteiger partial charge in [0.25, 0.3) is 0 Å². The summed E-state index contributed by atoms with van der Waals surface area (Å²) in [5, 5.41) is 10.7. The number of allylic oxidation sites excluding steroid dienone is 1. The van der Waals surface area contributed by atoms with E-state index in [-0.39, 0.29) is 11.7 Å². The molecule has 3 rings (SSSR count). The molecule has 0 aromatic heterocycles. The predicted octanol–water partition coefficient (Wildman–Crippen LogP) is 4.58. The third kappa shape index (κ3) is 4.29. The van der Waals surface area contributed by atoms with Crippen LogP contribution in [-0.2, 0) is 4.79 Å². The molecular formula is C20H24F3NO3. The molecule has 2 fully saturated rings. The molecule has 1 N–H and O–H groups in total. The van der Waals surface area contributed by atoms with Crippen molar-refractivity contribution in [3.05, 3.63) is 36.9 Å². The monoisotopic (exact) mass is 383 g/mol. The van der Waals surface area contributed by atoms with Crippen molar-refractivity contribution >= 4 is 11.6 Å². The number of ether oxygens (including phenoxy) is 1. The van der Waals surface area contributed by atoms with Crippen LogP contribution in [0.4, 0.5) is 18.9 Å². The first-order valence-electron chi connectivity index (χ1n) is 9.18. The van der Waals surface area contributed by atoms with Crippen molar-refractivity contribution in [3.8, 4) is 5.75 Å². The lowest BCUT2D eigenvalue weighted by atomic mass is 9.66. The summed E-state index contributed by atoms with van der Waals surface area (Å²) in [6.07, 6.45) is 1.58. The molecule has 1 aromatic rings. The highest BCUT2D eigenvalue weighted by Crippen LogP contribution is 2.49. The Morgan fingerprint density at radius 3 is 2.33 bits per heavy atom. The molecule has 1 saturated carbocycles. The first kappa shape index (κ1) is 19.7. The van der Waals surface area contributed by atoms with Crippen molar-refractivity contribution in [2.75, 3.05) is 11.4 Å². The van der Waals surface area contributed by atoms with Gasteiger partial charge in [-0.05, 0) is 69.2 Å². The Kier molecular flexibility index (Phi) is 5.25. The van der Waals surface area contributed by atoms with Gasteiger partial charge in [0, 0.05) is 12.2 Å². The predicted molar refractivity (Wildman–Crippen MR) is 95.4 cm³/mol. The minimum absolute atomic E-state index is 0.00207. The van der Waals surface area contributed by atoms with E-state index >= 15 is 0 Å². The maximum absolute atomic E-state index is 13.0. The number of benzene rings is 1. The van der Waals surface area contributed by atoms with Crippen molar-refractivity contribution < 1.29 is 27.8 Å². The van der Waals surface area contributed by atoms with E-state index in [2.05, 4.69) is 11.3 Å². The average molecular weight is 383 g/mol. The fraction of sp³-hybridized carbons (Fsp3) is 0.550.